The van der Waals surface area contributed by atoms with Crippen molar-refractivity contribution in [1.82, 2.24) is 0 Å². The van der Waals surface area contributed by atoms with Crippen molar-refractivity contribution in [3.8, 4) is 0 Å². The van der Waals surface area contributed by atoms with Gasteiger partial charge < -0.3 is 34.2 Å². The fourth-order valence-corrected chi connectivity index (χ4v) is 3.29. The standard InChI is InChI=1S/C9H20O7P2/c1-5(2)9-8(11)7(10)6(16-9)3-15-18(14)4-17(12)13/h5-14H,3-4H2,1-2H3. The maximum absolute atomic E-state index is 9.75. The summed E-state index contributed by atoms with van der Waals surface area (Å²) in [4.78, 5) is 26.7. The molecule has 108 valence electrons. The largest absolute Gasteiger partial charge is 0.388 e. The maximum atomic E-state index is 9.75. The molecule has 0 bridgehead atoms. The van der Waals surface area contributed by atoms with Crippen LogP contribution in [-0.2, 0) is 9.26 Å². The van der Waals surface area contributed by atoms with Crippen molar-refractivity contribution in [2.45, 2.75) is 38.3 Å². The molecule has 18 heavy (non-hydrogen) atoms. The maximum Gasteiger partial charge on any atom is 0.177 e. The highest BCUT2D eigenvalue weighted by Gasteiger charge is 2.44. The second kappa shape index (κ2) is 7.39. The lowest BCUT2D eigenvalue weighted by Crippen LogP contribution is -2.35. The number of aliphatic hydroxyl groups excluding tert-OH is 2. The Bertz CT molecular complexity index is 253. The van der Waals surface area contributed by atoms with Gasteiger partial charge >= 0.3 is 0 Å². The molecule has 1 aliphatic heterocycles. The molecule has 1 aliphatic rings. The molecule has 1 saturated heterocycles. The van der Waals surface area contributed by atoms with Crippen LogP contribution >= 0.6 is 16.8 Å². The van der Waals surface area contributed by atoms with Gasteiger partial charge in [-0.1, -0.05) is 13.8 Å². The summed E-state index contributed by atoms with van der Waals surface area (Å²) in [5.74, 6) is -0.165. The third-order valence-corrected chi connectivity index (χ3v) is 5.12. The first kappa shape index (κ1) is 16.6. The molecular weight excluding hydrogens is 282 g/mol. The van der Waals surface area contributed by atoms with Crippen molar-refractivity contribution in [1.29, 1.82) is 0 Å². The molecule has 7 nitrogen and oxygen atoms in total. The van der Waals surface area contributed by atoms with Crippen LogP contribution in [-0.4, -0.2) is 61.8 Å². The van der Waals surface area contributed by atoms with Gasteiger partial charge in [0.15, 0.2) is 16.8 Å². The minimum Gasteiger partial charge on any atom is -0.388 e. The zero-order valence-electron chi connectivity index (χ0n) is 10.2. The van der Waals surface area contributed by atoms with Gasteiger partial charge in [0.25, 0.3) is 0 Å². The Morgan fingerprint density at radius 2 is 1.78 bits per heavy atom. The van der Waals surface area contributed by atoms with Crippen LogP contribution in [0.15, 0.2) is 0 Å². The summed E-state index contributed by atoms with van der Waals surface area (Å²) in [5.41, 5.74) is 0. The molecule has 0 aromatic heterocycles. The van der Waals surface area contributed by atoms with E-state index < -0.39 is 41.2 Å². The highest BCUT2D eigenvalue weighted by molar-refractivity contribution is 7.63. The van der Waals surface area contributed by atoms with Gasteiger partial charge in [-0.3, -0.25) is 0 Å². The number of aliphatic hydroxyl groups is 2. The number of ether oxygens (including phenoxy) is 1. The van der Waals surface area contributed by atoms with Gasteiger partial charge in [0.05, 0.1) is 18.6 Å². The number of hydrogen-bond donors (Lipinski definition) is 5. The van der Waals surface area contributed by atoms with Crippen LogP contribution in [0.4, 0.5) is 0 Å². The van der Waals surface area contributed by atoms with Crippen molar-refractivity contribution < 1.29 is 34.2 Å². The average Bonchev–Trinajstić information content (AvgIpc) is 2.53. The summed E-state index contributed by atoms with van der Waals surface area (Å²) in [5, 5.41) is 19.5. The number of hydrogen-bond acceptors (Lipinski definition) is 7. The summed E-state index contributed by atoms with van der Waals surface area (Å²) in [6.07, 6.45) is -3.22. The molecule has 0 aromatic carbocycles. The van der Waals surface area contributed by atoms with Crippen molar-refractivity contribution >= 4 is 16.8 Å². The lowest BCUT2D eigenvalue weighted by molar-refractivity contribution is -0.0321. The van der Waals surface area contributed by atoms with Gasteiger partial charge in [0.2, 0.25) is 0 Å². The summed E-state index contributed by atoms with van der Waals surface area (Å²) >= 11 is 0. The second-order valence-corrected chi connectivity index (χ2v) is 7.36. The monoisotopic (exact) mass is 302 g/mol. The lowest BCUT2D eigenvalue weighted by Gasteiger charge is -2.18. The molecule has 5 N–H and O–H groups in total. The molecule has 9 heteroatoms. The van der Waals surface area contributed by atoms with Crippen molar-refractivity contribution in [3.63, 3.8) is 0 Å². The highest BCUT2D eigenvalue weighted by atomic mass is 31.2. The van der Waals surface area contributed by atoms with Crippen molar-refractivity contribution in [3.05, 3.63) is 0 Å². The molecule has 1 rings (SSSR count). The van der Waals surface area contributed by atoms with E-state index in [0.717, 1.165) is 0 Å². The molecule has 0 amide bonds. The van der Waals surface area contributed by atoms with E-state index in [1.165, 1.54) is 0 Å². The van der Waals surface area contributed by atoms with Crippen LogP contribution in [0.2, 0.25) is 0 Å². The van der Waals surface area contributed by atoms with Crippen LogP contribution in [0.1, 0.15) is 13.8 Å². The van der Waals surface area contributed by atoms with E-state index in [1.807, 2.05) is 13.8 Å². The van der Waals surface area contributed by atoms with E-state index in [4.69, 9.17) is 19.0 Å². The van der Waals surface area contributed by atoms with E-state index in [1.54, 1.807) is 0 Å². The first-order chi connectivity index (χ1) is 8.32. The second-order valence-electron chi connectivity index (χ2n) is 4.53. The molecule has 0 spiro atoms. The first-order valence-electron chi connectivity index (χ1n) is 5.59. The lowest BCUT2D eigenvalue weighted by atomic mass is 10.00. The Balaban J connectivity index is 2.39. The zero-order chi connectivity index (χ0) is 13.9. The minimum atomic E-state index is -2.20. The molecule has 1 heterocycles. The minimum absolute atomic E-state index is 0.0537. The molecule has 1 fully saturated rings. The van der Waals surface area contributed by atoms with Gasteiger partial charge in [-0.15, -0.1) is 0 Å². The fraction of sp³-hybridized carbons (Fsp3) is 1.00. The Hall–Kier alpha value is 0.580. The van der Waals surface area contributed by atoms with Gasteiger partial charge in [-0.05, 0) is 5.92 Å². The Morgan fingerprint density at radius 3 is 2.22 bits per heavy atom. The Morgan fingerprint density at radius 1 is 1.17 bits per heavy atom. The van der Waals surface area contributed by atoms with E-state index in [9.17, 15) is 15.1 Å². The predicted octanol–water partition coefficient (Wildman–Crippen LogP) is -0.294. The van der Waals surface area contributed by atoms with Crippen molar-refractivity contribution in [2.75, 3.05) is 12.5 Å². The predicted molar refractivity (Wildman–Crippen MR) is 66.8 cm³/mol. The van der Waals surface area contributed by atoms with Crippen LogP contribution in [0.3, 0.4) is 0 Å². The average molecular weight is 302 g/mol. The van der Waals surface area contributed by atoms with Crippen molar-refractivity contribution in [2.24, 2.45) is 5.92 Å². The summed E-state index contributed by atoms with van der Waals surface area (Å²) in [6.45, 7) is 3.65. The molecule has 0 radical (unpaired) electrons. The smallest absolute Gasteiger partial charge is 0.177 e. The molecular formula is C9H20O7P2. The normalized spacial score (nSPS) is 34.5. The fourth-order valence-electron chi connectivity index (χ4n) is 1.77. The third-order valence-electron chi connectivity index (χ3n) is 2.69. The van der Waals surface area contributed by atoms with Gasteiger partial charge in [0.1, 0.15) is 18.3 Å². The van der Waals surface area contributed by atoms with Crippen LogP contribution < -0.4 is 0 Å². The van der Waals surface area contributed by atoms with E-state index in [2.05, 4.69) is 0 Å². The Labute approximate surface area is 108 Å². The molecule has 5 unspecified atom stereocenters. The quantitative estimate of drug-likeness (QED) is 0.427. The Kier molecular flexibility index (Phi) is 6.83. The molecule has 0 aliphatic carbocycles. The first-order valence-corrected chi connectivity index (χ1v) is 8.42. The molecule has 5 atom stereocenters. The summed E-state index contributed by atoms with van der Waals surface area (Å²) in [6, 6.07) is 0. The third kappa shape index (κ3) is 4.60. The summed E-state index contributed by atoms with van der Waals surface area (Å²) < 4.78 is 10.5. The van der Waals surface area contributed by atoms with Crippen LogP contribution in [0.25, 0.3) is 0 Å². The molecule has 0 aromatic rings. The van der Waals surface area contributed by atoms with Gasteiger partial charge in [0, 0.05) is 0 Å². The van der Waals surface area contributed by atoms with Crippen LogP contribution in [0.5, 0.6) is 0 Å². The van der Waals surface area contributed by atoms with E-state index in [0.29, 0.717) is 0 Å². The van der Waals surface area contributed by atoms with Gasteiger partial charge in [-0.25, -0.2) is 0 Å². The SMILES string of the molecule is CC(C)C1OC(COP(O)CP(O)O)C(O)C1O. The summed E-state index contributed by atoms with van der Waals surface area (Å²) in [7, 11) is -4.14. The van der Waals surface area contributed by atoms with E-state index in [-0.39, 0.29) is 18.4 Å². The number of rotatable bonds is 6. The van der Waals surface area contributed by atoms with Crippen LogP contribution in [0, 0.1) is 5.92 Å². The zero-order valence-corrected chi connectivity index (χ0v) is 12.0. The molecule has 0 saturated carbocycles. The van der Waals surface area contributed by atoms with E-state index >= 15 is 0 Å². The topological polar surface area (TPSA) is 120 Å². The highest BCUT2D eigenvalue weighted by Crippen LogP contribution is 2.44. The van der Waals surface area contributed by atoms with Gasteiger partial charge in [-0.2, -0.15) is 0 Å².